The summed E-state index contributed by atoms with van der Waals surface area (Å²) in [6.07, 6.45) is 8.97. The molecule has 0 aliphatic rings. The highest BCUT2D eigenvalue weighted by Gasteiger charge is 2.15. The number of pyridine rings is 1. The second kappa shape index (κ2) is 8.28. The Kier molecular flexibility index (Phi) is 5.02. The van der Waals surface area contributed by atoms with Gasteiger partial charge in [-0.25, -0.2) is 9.97 Å². The Morgan fingerprint density at radius 2 is 1.77 bits per heavy atom. The fourth-order valence-corrected chi connectivity index (χ4v) is 3.68. The molecule has 0 saturated carbocycles. The van der Waals surface area contributed by atoms with E-state index in [4.69, 9.17) is 0 Å². The number of rotatable bonds is 6. The van der Waals surface area contributed by atoms with E-state index in [9.17, 15) is 4.79 Å². The highest BCUT2D eigenvalue weighted by atomic mass is 16.1. The summed E-state index contributed by atoms with van der Waals surface area (Å²) in [5.41, 5.74) is 3.85. The van der Waals surface area contributed by atoms with Crippen LogP contribution in [0.4, 0.5) is 0 Å². The maximum atomic E-state index is 13.0. The lowest BCUT2D eigenvalue weighted by molar-refractivity contribution is 0.0952. The predicted molar refractivity (Wildman–Crippen MR) is 120 cm³/mol. The highest BCUT2D eigenvalue weighted by molar-refractivity contribution is 6.07. The lowest BCUT2D eigenvalue weighted by Crippen LogP contribution is -2.22. The van der Waals surface area contributed by atoms with E-state index in [0.29, 0.717) is 18.7 Å². The van der Waals surface area contributed by atoms with Crippen molar-refractivity contribution in [2.75, 3.05) is 0 Å². The Morgan fingerprint density at radius 1 is 0.935 bits per heavy atom. The SMILES string of the molecule is O=C(NCc1ccc(-n2ccnc2)nc1)c1cn(Cc2ccccc2)c2ccccc12. The molecule has 152 valence electrons. The van der Waals surface area contributed by atoms with Gasteiger partial charge >= 0.3 is 0 Å². The van der Waals surface area contributed by atoms with Crippen LogP contribution in [0.15, 0.2) is 97.8 Å². The van der Waals surface area contributed by atoms with Crippen molar-refractivity contribution in [2.45, 2.75) is 13.1 Å². The molecule has 0 saturated heterocycles. The van der Waals surface area contributed by atoms with Gasteiger partial charge in [-0.05, 0) is 23.3 Å². The van der Waals surface area contributed by atoms with Crippen LogP contribution in [0.5, 0.6) is 0 Å². The Morgan fingerprint density at radius 3 is 2.55 bits per heavy atom. The van der Waals surface area contributed by atoms with E-state index in [-0.39, 0.29) is 5.91 Å². The Bertz CT molecular complexity index is 1310. The zero-order chi connectivity index (χ0) is 21.0. The standard InChI is InChI=1S/C25H21N5O/c31-25(28-15-20-10-11-24(27-14-20)29-13-12-26-18-29)22-17-30(16-19-6-2-1-3-7-19)23-9-5-4-8-21(22)23/h1-14,17-18H,15-16H2,(H,28,31). The second-order valence-electron chi connectivity index (χ2n) is 7.35. The minimum absolute atomic E-state index is 0.0957. The molecule has 0 aliphatic heterocycles. The first kappa shape index (κ1) is 18.8. The number of nitrogens with one attached hydrogen (secondary N) is 1. The third-order valence-electron chi connectivity index (χ3n) is 5.26. The van der Waals surface area contributed by atoms with Crippen molar-refractivity contribution in [3.05, 3.63) is 115 Å². The van der Waals surface area contributed by atoms with E-state index in [1.54, 1.807) is 18.7 Å². The number of carbonyl (C=O) groups excluding carboxylic acids is 1. The van der Waals surface area contributed by atoms with Gasteiger partial charge in [0.1, 0.15) is 12.1 Å². The number of fused-ring (bicyclic) bond motifs is 1. The quantitative estimate of drug-likeness (QED) is 0.459. The van der Waals surface area contributed by atoms with Crippen LogP contribution in [0.3, 0.4) is 0 Å². The van der Waals surface area contributed by atoms with Gasteiger partial charge in [0.15, 0.2) is 0 Å². The summed E-state index contributed by atoms with van der Waals surface area (Å²) in [5.74, 6) is 0.693. The van der Waals surface area contributed by atoms with E-state index in [1.807, 2.05) is 71.6 Å². The molecule has 2 aromatic carbocycles. The van der Waals surface area contributed by atoms with Crippen molar-refractivity contribution in [3.63, 3.8) is 0 Å². The molecular weight excluding hydrogens is 386 g/mol. The molecule has 31 heavy (non-hydrogen) atoms. The Balaban J connectivity index is 1.34. The van der Waals surface area contributed by atoms with Gasteiger partial charge in [0.2, 0.25) is 0 Å². The largest absolute Gasteiger partial charge is 0.348 e. The van der Waals surface area contributed by atoms with Crippen molar-refractivity contribution >= 4 is 16.8 Å². The van der Waals surface area contributed by atoms with Crippen molar-refractivity contribution in [1.82, 2.24) is 24.4 Å². The molecular formula is C25H21N5O. The molecule has 0 spiro atoms. The summed E-state index contributed by atoms with van der Waals surface area (Å²) in [4.78, 5) is 21.5. The molecule has 1 N–H and O–H groups in total. The smallest absolute Gasteiger partial charge is 0.253 e. The summed E-state index contributed by atoms with van der Waals surface area (Å²) in [7, 11) is 0. The molecule has 0 aliphatic carbocycles. The molecule has 0 unspecified atom stereocenters. The number of para-hydroxylation sites is 1. The van der Waals surface area contributed by atoms with E-state index >= 15 is 0 Å². The van der Waals surface area contributed by atoms with Crippen LogP contribution in [0.25, 0.3) is 16.7 Å². The summed E-state index contributed by atoms with van der Waals surface area (Å²) in [6, 6.07) is 22.1. The minimum atomic E-state index is -0.0957. The fourth-order valence-electron chi connectivity index (χ4n) is 3.68. The molecule has 0 atom stereocenters. The van der Waals surface area contributed by atoms with Gasteiger partial charge < -0.3 is 9.88 Å². The summed E-state index contributed by atoms with van der Waals surface area (Å²) < 4.78 is 3.96. The van der Waals surface area contributed by atoms with Gasteiger partial charge in [-0.15, -0.1) is 0 Å². The van der Waals surface area contributed by atoms with Crippen LogP contribution in [0, 0.1) is 0 Å². The van der Waals surface area contributed by atoms with Crippen molar-refractivity contribution in [1.29, 1.82) is 0 Å². The van der Waals surface area contributed by atoms with Crippen LogP contribution in [-0.2, 0) is 13.1 Å². The molecule has 5 rings (SSSR count). The van der Waals surface area contributed by atoms with Crippen LogP contribution >= 0.6 is 0 Å². The first-order valence-electron chi connectivity index (χ1n) is 10.1. The zero-order valence-corrected chi connectivity index (χ0v) is 16.8. The monoisotopic (exact) mass is 407 g/mol. The summed E-state index contributed by atoms with van der Waals surface area (Å²) in [5, 5.41) is 3.98. The maximum Gasteiger partial charge on any atom is 0.253 e. The topological polar surface area (TPSA) is 64.7 Å². The van der Waals surface area contributed by atoms with E-state index < -0.39 is 0 Å². The molecule has 3 aromatic heterocycles. The molecule has 0 radical (unpaired) electrons. The Labute approximate surface area is 179 Å². The zero-order valence-electron chi connectivity index (χ0n) is 16.8. The number of aromatic nitrogens is 4. The normalized spacial score (nSPS) is 11.0. The van der Waals surface area contributed by atoms with Gasteiger partial charge in [0, 0.05) is 48.8 Å². The number of imidazole rings is 1. The number of nitrogens with zero attached hydrogens (tertiary/aromatic N) is 4. The molecule has 0 bridgehead atoms. The molecule has 6 nitrogen and oxygen atoms in total. The van der Waals surface area contributed by atoms with Gasteiger partial charge in [0.25, 0.3) is 5.91 Å². The fraction of sp³-hybridized carbons (Fsp3) is 0.0800. The lowest BCUT2D eigenvalue weighted by Gasteiger charge is -2.06. The van der Waals surface area contributed by atoms with Crippen molar-refractivity contribution < 1.29 is 4.79 Å². The van der Waals surface area contributed by atoms with Crippen LogP contribution in [0.1, 0.15) is 21.5 Å². The minimum Gasteiger partial charge on any atom is -0.348 e. The van der Waals surface area contributed by atoms with Crippen LogP contribution in [0.2, 0.25) is 0 Å². The average molecular weight is 407 g/mol. The van der Waals surface area contributed by atoms with Gasteiger partial charge in [-0.3, -0.25) is 9.36 Å². The second-order valence-corrected chi connectivity index (χ2v) is 7.35. The van der Waals surface area contributed by atoms with Crippen molar-refractivity contribution in [3.8, 4) is 5.82 Å². The lowest BCUT2D eigenvalue weighted by atomic mass is 10.1. The van der Waals surface area contributed by atoms with Gasteiger partial charge in [-0.1, -0.05) is 54.6 Å². The number of hydrogen-bond acceptors (Lipinski definition) is 3. The molecule has 5 aromatic rings. The van der Waals surface area contributed by atoms with Crippen LogP contribution in [-0.4, -0.2) is 25.0 Å². The summed E-state index contributed by atoms with van der Waals surface area (Å²) in [6.45, 7) is 1.13. The van der Waals surface area contributed by atoms with Gasteiger partial charge in [0.05, 0.1) is 5.56 Å². The number of benzene rings is 2. The number of hydrogen-bond donors (Lipinski definition) is 1. The van der Waals surface area contributed by atoms with E-state index in [2.05, 4.69) is 32.0 Å². The molecule has 1 amide bonds. The third-order valence-corrected chi connectivity index (χ3v) is 5.26. The molecule has 6 heteroatoms. The number of carbonyl (C=O) groups is 1. The van der Waals surface area contributed by atoms with Crippen molar-refractivity contribution in [2.24, 2.45) is 0 Å². The van der Waals surface area contributed by atoms with Crippen LogP contribution < -0.4 is 5.32 Å². The van der Waals surface area contributed by atoms with Gasteiger partial charge in [-0.2, -0.15) is 0 Å². The van der Waals surface area contributed by atoms with E-state index in [0.717, 1.165) is 22.3 Å². The van der Waals surface area contributed by atoms with E-state index in [1.165, 1.54) is 5.56 Å². The molecule has 3 heterocycles. The average Bonchev–Trinajstić information content (AvgIpc) is 3.48. The molecule has 0 fully saturated rings. The maximum absolute atomic E-state index is 13.0. The summed E-state index contributed by atoms with van der Waals surface area (Å²) >= 11 is 0. The Hall–Kier alpha value is -4.19. The first-order valence-corrected chi connectivity index (χ1v) is 10.1. The number of amides is 1. The third kappa shape index (κ3) is 3.96. The predicted octanol–water partition coefficient (Wildman–Crippen LogP) is 4.20. The highest BCUT2D eigenvalue weighted by Crippen LogP contribution is 2.22. The first-order chi connectivity index (χ1) is 15.3.